The molecule has 2 heterocycles. The summed E-state index contributed by atoms with van der Waals surface area (Å²) in [6, 6.07) is 5.89. The van der Waals surface area contributed by atoms with E-state index in [4.69, 9.17) is 0 Å². The van der Waals surface area contributed by atoms with Gasteiger partial charge in [0, 0.05) is 36.5 Å². The van der Waals surface area contributed by atoms with Crippen LogP contribution in [0.15, 0.2) is 30.3 Å². The number of benzene rings is 1. The number of carbonyl (C=O) groups excluding carboxylic acids is 1. The van der Waals surface area contributed by atoms with Gasteiger partial charge in [0.1, 0.15) is 17.3 Å². The molecule has 0 saturated carbocycles. The lowest BCUT2D eigenvalue weighted by atomic mass is 9.98. The van der Waals surface area contributed by atoms with Crippen LogP contribution in [0.25, 0.3) is 0 Å². The van der Waals surface area contributed by atoms with Gasteiger partial charge in [-0.25, -0.2) is 9.37 Å². The van der Waals surface area contributed by atoms with Crippen LogP contribution in [0.4, 0.5) is 29.1 Å². The van der Waals surface area contributed by atoms with Gasteiger partial charge in [-0.05, 0) is 49.4 Å². The quantitative estimate of drug-likeness (QED) is 0.440. The molecule has 2 atom stereocenters. The van der Waals surface area contributed by atoms with Crippen LogP contribution in [0.3, 0.4) is 0 Å². The molecule has 1 amide bonds. The average Bonchev–Trinajstić information content (AvgIpc) is 2.78. The van der Waals surface area contributed by atoms with Crippen molar-refractivity contribution in [3.63, 3.8) is 0 Å². The number of piperidine rings is 1. The Morgan fingerprint density at radius 2 is 1.94 bits per heavy atom. The molecule has 7 nitrogen and oxygen atoms in total. The molecule has 2 aromatic rings. The van der Waals surface area contributed by atoms with Gasteiger partial charge < -0.3 is 19.5 Å². The molecule has 3 rings (SSSR count). The maximum atomic E-state index is 14.1. The number of amides is 1. The van der Waals surface area contributed by atoms with E-state index in [-0.39, 0.29) is 18.1 Å². The minimum Gasteiger partial charge on any atom is -0.755 e. The highest BCUT2D eigenvalue weighted by atomic mass is 32.2. The van der Waals surface area contributed by atoms with Gasteiger partial charge in [0.25, 0.3) is 0 Å². The van der Waals surface area contributed by atoms with Crippen molar-refractivity contribution in [2.75, 3.05) is 22.7 Å². The number of aromatic nitrogens is 1. The number of nitrogens with one attached hydrogen (secondary N) is 2. The summed E-state index contributed by atoms with van der Waals surface area (Å²) in [4.78, 5) is 18.4. The van der Waals surface area contributed by atoms with Crippen molar-refractivity contribution in [2.24, 2.45) is 5.92 Å². The Morgan fingerprint density at radius 1 is 1.26 bits per heavy atom. The number of nitrogens with zero attached hydrogens (tertiary/aromatic N) is 2. The highest BCUT2D eigenvalue weighted by Crippen LogP contribution is 2.32. The Labute approximate surface area is 197 Å². The standard InChI is InChI=1S/C22H26F4N4O3S/c1-13-7-9-30(10-8-13)20-16(4-6-19(28-20)22(24,25)26)12-27-21(31)14(2)15-3-5-18(17(23)11-15)29-34(32)33/h3-6,11,13-14,29H,7-10,12H2,1-2H3,(H,27,31)(H,32,33)/p-1. The summed E-state index contributed by atoms with van der Waals surface area (Å²) in [5.41, 5.74) is -0.478. The molecular weight excluding hydrogens is 476 g/mol. The van der Waals surface area contributed by atoms with Gasteiger partial charge >= 0.3 is 6.18 Å². The van der Waals surface area contributed by atoms with Gasteiger partial charge in [-0.2, -0.15) is 13.2 Å². The smallest absolute Gasteiger partial charge is 0.433 e. The molecule has 0 radical (unpaired) electrons. The third-order valence-electron chi connectivity index (χ3n) is 5.86. The van der Waals surface area contributed by atoms with Crippen molar-refractivity contribution < 1.29 is 31.1 Å². The van der Waals surface area contributed by atoms with Gasteiger partial charge in [-0.15, -0.1) is 0 Å². The predicted molar refractivity (Wildman–Crippen MR) is 119 cm³/mol. The number of alkyl halides is 3. The molecule has 1 aromatic heterocycles. The molecule has 1 aromatic carbocycles. The lowest BCUT2D eigenvalue weighted by Gasteiger charge is -2.33. The Balaban J connectivity index is 1.75. The number of halogens is 4. The van der Waals surface area contributed by atoms with Crippen LogP contribution in [-0.2, 0) is 28.8 Å². The number of rotatable bonds is 7. The predicted octanol–water partition coefficient (Wildman–Crippen LogP) is 4.10. The molecule has 1 saturated heterocycles. The topological polar surface area (TPSA) is 97.4 Å². The minimum atomic E-state index is -4.59. The number of hydrogen-bond donors (Lipinski definition) is 2. The lowest BCUT2D eigenvalue weighted by Crippen LogP contribution is -2.35. The molecule has 2 unspecified atom stereocenters. The molecule has 12 heteroatoms. The largest absolute Gasteiger partial charge is 0.755 e. The molecule has 1 aliphatic rings. The molecule has 0 spiro atoms. The zero-order valence-corrected chi connectivity index (χ0v) is 19.4. The normalized spacial score (nSPS) is 16.7. The number of pyridine rings is 1. The number of carbonyl (C=O) groups is 1. The first-order chi connectivity index (χ1) is 16.0. The second-order valence-electron chi connectivity index (χ2n) is 8.36. The Bertz CT molecular complexity index is 1060. The molecule has 186 valence electrons. The lowest BCUT2D eigenvalue weighted by molar-refractivity contribution is -0.141. The van der Waals surface area contributed by atoms with Crippen LogP contribution in [-0.4, -0.2) is 32.7 Å². The summed E-state index contributed by atoms with van der Waals surface area (Å²) in [6.07, 6.45) is -2.92. The second-order valence-corrected chi connectivity index (χ2v) is 9.04. The van der Waals surface area contributed by atoms with Gasteiger partial charge in [0.2, 0.25) is 5.91 Å². The fourth-order valence-corrected chi connectivity index (χ4v) is 4.07. The summed E-state index contributed by atoms with van der Waals surface area (Å²) in [7, 11) is 0. The van der Waals surface area contributed by atoms with Crippen LogP contribution >= 0.6 is 0 Å². The van der Waals surface area contributed by atoms with Crippen LogP contribution in [0.1, 0.15) is 49.4 Å². The summed E-state index contributed by atoms with van der Waals surface area (Å²) in [5, 5.41) is 2.69. The Morgan fingerprint density at radius 3 is 2.53 bits per heavy atom. The van der Waals surface area contributed by atoms with E-state index >= 15 is 0 Å². The van der Waals surface area contributed by atoms with Crippen LogP contribution in [0.5, 0.6) is 0 Å². The monoisotopic (exact) mass is 501 g/mol. The van der Waals surface area contributed by atoms with Gasteiger partial charge in [0.05, 0.1) is 11.6 Å². The van der Waals surface area contributed by atoms with Crippen molar-refractivity contribution in [3.05, 3.63) is 53.0 Å². The fraction of sp³-hybridized carbons (Fsp3) is 0.455. The zero-order valence-electron chi connectivity index (χ0n) is 18.6. The summed E-state index contributed by atoms with van der Waals surface area (Å²) >= 11 is -2.69. The highest BCUT2D eigenvalue weighted by Gasteiger charge is 2.34. The summed E-state index contributed by atoms with van der Waals surface area (Å²) in [5.74, 6) is -1.42. The Hall–Kier alpha value is -2.73. The second kappa shape index (κ2) is 10.7. The summed E-state index contributed by atoms with van der Waals surface area (Å²) in [6.45, 7) is 4.72. The molecular formula is C22H25F4N4O3S-. The van der Waals surface area contributed by atoms with Crippen molar-refractivity contribution in [1.29, 1.82) is 0 Å². The van der Waals surface area contributed by atoms with E-state index in [1.54, 1.807) is 11.8 Å². The molecule has 0 bridgehead atoms. The first-order valence-electron chi connectivity index (χ1n) is 10.7. The number of anilines is 2. The van der Waals surface area contributed by atoms with Crippen molar-refractivity contribution in [1.82, 2.24) is 10.3 Å². The SMILES string of the molecule is CC1CCN(c2nc(C(F)(F)F)ccc2CNC(=O)C(C)c2ccc(NS(=O)[O-])c(F)c2)CC1. The average molecular weight is 502 g/mol. The number of hydrogen-bond acceptors (Lipinski definition) is 5. The molecule has 2 N–H and O–H groups in total. The molecule has 0 aliphatic carbocycles. The highest BCUT2D eigenvalue weighted by molar-refractivity contribution is 7.80. The van der Waals surface area contributed by atoms with Crippen molar-refractivity contribution in [3.8, 4) is 0 Å². The molecule has 1 aliphatic heterocycles. The fourth-order valence-electron chi connectivity index (χ4n) is 3.73. The van der Waals surface area contributed by atoms with Crippen LogP contribution in [0.2, 0.25) is 0 Å². The van der Waals surface area contributed by atoms with Gasteiger partial charge in [-0.1, -0.05) is 19.1 Å². The van der Waals surface area contributed by atoms with Gasteiger partial charge in [0.15, 0.2) is 0 Å². The van der Waals surface area contributed by atoms with E-state index in [9.17, 15) is 31.1 Å². The molecule has 1 fully saturated rings. The van der Waals surface area contributed by atoms with Gasteiger partial charge in [-0.3, -0.25) is 9.00 Å². The third kappa shape index (κ3) is 6.44. The first kappa shape index (κ1) is 25.9. The van der Waals surface area contributed by atoms with Crippen LogP contribution in [0, 0.1) is 11.7 Å². The maximum Gasteiger partial charge on any atom is 0.433 e. The van der Waals surface area contributed by atoms with Crippen molar-refractivity contribution >= 4 is 28.7 Å². The zero-order chi connectivity index (χ0) is 25.0. The van der Waals surface area contributed by atoms with Crippen LogP contribution < -0.4 is 14.9 Å². The first-order valence-corrected chi connectivity index (χ1v) is 11.8. The van der Waals surface area contributed by atoms with E-state index in [1.165, 1.54) is 18.2 Å². The van der Waals surface area contributed by atoms with Crippen molar-refractivity contribution in [2.45, 2.75) is 45.3 Å². The Kier molecular flexibility index (Phi) is 8.13. The minimum absolute atomic E-state index is 0.0486. The van der Waals surface area contributed by atoms with E-state index in [2.05, 4.69) is 17.2 Å². The third-order valence-corrected chi connectivity index (χ3v) is 6.25. The van der Waals surface area contributed by atoms with E-state index in [0.717, 1.165) is 25.0 Å². The van der Waals surface area contributed by atoms with E-state index in [0.29, 0.717) is 30.1 Å². The van der Waals surface area contributed by atoms with E-state index in [1.807, 2.05) is 4.72 Å². The summed E-state index contributed by atoms with van der Waals surface area (Å²) < 4.78 is 77.2. The van der Waals surface area contributed by atoms with E-state index < -0.39 is 40.8 Å². The molecule has 34 heavy (non-hydrogen) atoms. The maximum absolute atomic E-state index is 14.1.